The van der Waals surface area contributed by atoms with E-state index >= 15 is 0 Å². The van der Waals surface area contributed by atoms with E-state index in [-0.39, 0.29) is 15.8 Å². The highest BCUT2D eigenvalue weighted by atomic mass is 14.2. The Morgan fingerprint density at radius 1 is 0.190 bits per heavy atom. The predicted octanol–water partition coefficient (Wildman–Crippen LogP) is 18.7. The molecule has 4 aliphatic rings. The monoisotopic (exact) mass is 800 g/mol. The van der Waals surface area contributed by atoms with Gasteiger partial charge in [-0.1, -0.05) is 166 Å². The molecule has 4 fully saturated rings. The summed E-state index contributed by atoms with van der Waals surface area (Å²) in [6, 6.07) is 0. The Kier molecular flexibility index (Phi) is 30.0. The Labute approximate surface area is 369 Å². The number of rotatable bonds is 0. The van der Waals surface area contributed by atoms with Crippen molar-refractivity contribution in [2.45, 2.75) is 249 Å². The van der Waals surface area contributed by atoms with Crippen molar-refractivity contribution in [3.05, 3.63) is 66.8 Å². The van der Waals surface area contributed by atoms with Crippen LogP contribution < -0.4 is 0 Å². The van der Waals surface area contributed by atoms with Gasteiger partial charge in [0.1, 0.15) is 0 Å². The Morgan fingerprint density at radius 3 is 0.293 bits per heavy atom. The van der Waals surface area contributed by atoms with E-state index in [2.05, 4.69) is 138 Å². The normalized spacial score (nSPS) is 26.3. The summed E-state index contributed by atoms with van der Waals surface area (Å²) in [5.41, 5.74) is 17.5. The second-order valence-corrected chi connectivity index (χ2v) is 21.0. The second kappa shape index (κ2) is 29.7. The third kappa shape index (κ3) is 20.9. The van der Waals surface area contributed by atoms with Crippen LogP contribution in [-0.2, 0) is 0 Å². The van der Waals surface area contributed by atoms with E-state index in [0.29, 0.717) is 0 Å². The van der Waals surface area contributed by atoms with Crippen molar-refractivity contribution in [1.29, 1.82) is 0 Å². The molecule has 4 saturated carbocycles. The predicted molar refractivity (Wildman–Crippen MR) is 269 cm³/mol. The zero-order valence-corrected chi connectivity index (χ0v) is 42.5. The zero-order valence-electron chi connectivity index (χ0n) is 42.5. The molecule has 0 aromatic heterocycles. The van der Waals surface area contributed by atoms with Gasteiger partial charge in [0, 0.05) is 8.41 Å². The number of hydrogen-bond donors (Lipinski definition) is 0. The van der Waals surface area contributed by atoms with E-state index in [1.807, 2.05) is 0 Å². The largest absolute Gasteiger partial charge is 0.0776 e. The van der Waals surface area contributed by atoms with E-state index < -0.39 is 0 Å². The quantitative estimate of drug-likeness (QED) is 0.233. The van der Waals surface area contributed by atoms with Crippen LogP contribution in [0.5, 0.6) is 0 Å². The average Bonchev–Trinajstić information content (AvgIpc) is 3.19. The molecule has 3 radical (unpaired) electrons. The molecule has 0 amide bonds. The molecule has 0 nitrogen and oxygen atoms in total. The molecule has 0 heterocycles. The third-order valence-corrected chi connectivity index (χ3v) is 16.0. The van der Waals surface area contributed by atoms with Crippen molar-refractivity contribution in [3.63, 3.8) is 0 Å². The van der Waals surface area contributed by atoms with Gasteiger partial charge in [0.2, 0.25) is 0 Å². The molecule has 58 heavy (non-hydrogen) atoms. The maximum atomic E-state index is 2.37. The van der Waals surface area contributed by atoms with Crippen LogP contribution in [0.2, 0.25) is 0 Å². The molecule has 335 valence electrons. The van der Waals surface area contributed by atoms with Crippen molar-refractivity contribution in [2.75, 3.05) is 0 Å². The van der Waals surface area contributed by atoms with Gasteiger partial charge < -0.3 is 0 Å². The smallest absolute Gasteiger partial charge is 0 e. The van der Waals surface area contributed by atoms with Crippen molar-refractivity contribution in [2.24, 2.45) is 47.3 Å². The summed E-state index contributed by atoms with van der Waals surface area (Å²) in [6.45, 7) is 45.5. The lowest BCUT2D eigenvalue weighted by Gasteiger charge is -2.22. The molecule has 0 unspecified atom stereocenters. The van der Waals surface area contributed by atoms with Crippen molar-refractivity contribution in [1.82, 2.24) is 0 Å². The van der Waals surface area contributed by atoms with Gasteiger partial charge in [-0.3, -0.25) is 0 Å². The molecule has 0 spiro atoms. The Balaban J connectivity index is 0. The fraction of sp³-hybridized carbons (Fsp3) is 0.789. The number of benzene rings is 2. The van der Waals surface area contributed by atoms with Crippen LogP contribution in [0.3, 0.4) is 0 Å². The summed E-state index contributed by atoms with van der Waals surface area (Å²) in [5.74, 6) is 8.16. The van der Waals surface area contributed by atoms with Crippen molar-refractivity contribution in [3.8, 4) is 0 Å². The summed E-state index contributed by atoms with van der Waals surface area (Å²) < 4.78 is 0. The van der Waals surface area contributed by atoms with Gasteiger partial charge in [0.05, 0.1) is 0 Å². The lowest BCUT2D eigenvalue weighted by Crippen LogP contribution is -2.08. The molecule has 0 N–H and O–H groups in total. The first kappa shape index (κ1) is 58.6. The SMILES string of the molecule is C.CC1CCC(C)CC1.CC1CCC(C)CC1.CC1CCC(C)CC1.CC1CCC(C)CC1.Cc1c(C)c(C)c(C)c(C)c1C.Cc1c(C)c(C)c(C)c(C)c1C.[B]. The Hall–Kier alpha value is -1.50. The summed E-state index contributed by atoms with van der Waals surface area (Å²) in [4.78, 5) is 0. The third-order valence-electron chi connectivity index (χ3n) is 16.0. The second-order valence-electron chi connectivity index (χ2n) is 21.0. The topological polar surface area (TPSA) is 0 Å². The first-order valence-electron chi connectivity index (χ1n) is 24.2. The first-order valence-corrected chi connectivity index (χ1v) is 24.2. The first-order chi connectivity index (χ1) is 26.1. The van der Waals surface area contributed by atoms with Crippen molar-refractivity contribution < 1.29 is 0 Å². The minimum atomic E-state index is 0. The van der Waals surface area contributed by atoms with E-state index in [1.165, 1.54) is 169 Å². The molecule has 2 aromatic carbocycles. The molecule has 0 saturated heterocycles. The van der Waals surface area contributed by atoms with Gasteiger partial charge in [-0.15, -0.1) is 0 Å². The Morgan fingerprint density at radius 2 is 0.241 bits per heavy atom. The molecule has 1 heteroatoms. The van der Waals surface area contributed by atoms with Crippen LogP contribution in [0.4, 0.5) is 0 Å². The summed E-state index contributed by atoms with van der Waals surface area (Å²) >= 11 is 0. The Bertz CT molecular complexity index is 982. The molecular formula is C57H104B. The van der Waals surface area contributed by atoms with Crippen LogP contribution in [0, 0.1) is 130 Å². The fourth-order valence-corrected chi connectivity index (χ4v) is 9.08. The van der Waals surface area contributed by atoms with E-state index in [1.54, 1.807) is 0 Å². The molecule has 0 bridgehead atoms. The van der Waals surface area contributed by atoms with Gasteiger partial charge in [-0.05, 0) is 197 Å². The van der Waals surface area contributed by atoms with Crippen LogP contribution in [-0.4, -0.2) is 8.41 Å². The highest BCUT2D eigenvalue weighted by Crippen LogP contribution is 2.30. The van der Waals surface area contributed by atoms with E-state index in [9.17, 15) is 0 Å². The van der Waals surface area contributed by atoms with Gasteiger partial charge in [0.25, 0.3) is 0 Å². The van der Waals surface area contributed by atoms with E-state index in [4.69, 9.17) is 0 Å². The van der Waals surface area contributed by atoms with Crippen LogP contribution in [0.1, 0.15) is 232 Å². The minimum Gasteiger partial charge on any atom is -0.0776 e. The molecule has 2 aromatic rings. The van der Waals surface area contributed by atoms with E-state index in [0.717, 1.165) is 47.3 Å². The van der Waals surface area contributed by atoms with Crippen molar-refractivity contribution >= 4 is 8.41 Å². The highest BCUT2D eigenvalue weighted by molar-refractivity contribution is 5.75. The van der Waals surface area contributed by atoms with Gasteiger partial charge in [-0.25, -0.2) is 0 Å². The molecule has 0 atom stereocenters. The average molecular weight is 800 g/mol. The van der Waals surface area contributed by atoms with Gasteiger partial charge in [-0.2, -0.15) is 0 Å². The van der Waals surface area contributed by atoms with Crippen LogP contribution in [0.25, 0.3) is 0 Å². The maximum absolute atomic E-state index is 2.37. The molecular weight excluding hydrogens is 695 g/mol. The molecule has 4 aliphatic carbocycles. The van der Waals surface area contributed by atoms with Gasteiger partial charge in [0.15, 0.2) is 0 Å². The maximum Gasteiger partial charge on any atom is 0 e. The summed E-state index contributed by atoms with van der Waals surface area (Å²) in [5, 5.41) is 0. The fourth-order valence-electron chi connectivity index (χ4n) is 9.08. The highest BCUT2D eigenvalue weighted by Gasteiger charge is 2.16. The zero-order chi connectivity index (χ0) is 42.9. The lowest BCUT2D eigenvalue weighted by molar-refractivity contribution is 0.308. The summed E-state index contributed by atoms with van der Waals surface area (Å²) in [6.07, 6.45) is 23.6. The molecule has 0 aliphatic heterocycles. The van der Waals surface area contributed by atoms with Crippen LogP contribution in [0.15, 0.2) is 0 Å². The number of hydrogen-bond acceptors (Lipinski definition) is 0. The van der Waals surface area contributed by atoms with Crippen LogP contribution >= 0.6 is 0 Å². The standard InChI is InChI=1S/2C12H18.4C8H16.CH4.B/c2*1-7-8(2)10(4)12(6)11(5)9(7)3;4*1-7-3-5-8(2)6-4-7;;/h2*1-6H3;4*7-8H,3-6H2,1-2H3;1H4;. The molecule has 6 rings (SSSR count). The summed E-state index contributed by atoms with van der Waals surface area (Å²) in [7, 11) is 0. The minimum absolute atomic E-state index is 0. The van der Waals surface area contributed by atoms with Gasteiger partial charge >= 0.3 is 0 Å². The lowest BCUT2D eigenvalue weighted by atomic mass is 9.84.